The lowest BCUT2D eigenvalue weighted by Gasteiger charge is -2.20. The Morgan fingerprint density at radius 3 is 2.50 bits per heavy atom. The van der Waals surface area contributed by atoms with Crippen molar-refractivity contribution in [1.29, 1.82) is 0 Å². The first-order chi connectivity index (χ1) is 18.2. The van der Waals surface area contributed by atoms with Crippen LogP contribution in [-0.4, -0.2) is 31.8 Å². The number of aromatic nitrogens is 5. The predicted molar refractivity (Wildman–Crippen MR) is 140 cm³/mol. The van der Waals surface area contributed by atoms with E-state index in [0.29, 0.717) is 46.1 Å². The molecule has 204 valence electrons. The highest BCUT2D eigenvalue weighted by atomic mass is 32.1. The van der Waals surface area contributed by atoms with E-state index in [2.05, 4.69) is 15.1 Å². The van der Waals surface area contributed by atoms with E-state index in [-0.39, 0.29) is 23.3 Å². The van der Waals surface area contributed by atoms with Crippen LogP contribution in [0, 0.1) is 12.7 Å². The number of benzene rings is 1. The van der Waals surface area contributed by atoms with Crippen LogP contribution >= 0.6 is 11.3 Å². The SMILES string of the molecule is CC.CCC(CC(OC)c1cnn(C2CC2)c1)c1nc(-c2ccc(C(F)(F)F)cc2F)c2sc(C)nc2n1. The molecule has 4 aromatic rings. The molecule has 0 amide bonds. The van der Waals surface area contributed by atoms with E-state index in [4.69, 9.17) is 9.72 Å². The van der Waals surface area contributed by atoms with Crippen LogP contribution in [0.4, 0.5) is 17.6 Å². The molecule has 6 nitrogen and oxygen atoms in total. The minimum atomic E-state index is -4.64. The maximum absolute atomic E-state index is 15.0. The molecule has 0 aliphatic heterocycles. The number of ether oxygens (including phenoxy) is 1. The molecule has 1 aliphatic carbocycles. The van der Waals surface area contributed by atoms with Crippen LogP contribution in [0.25, 0.3) is 21.6 Å². The molecule has 0 bridgehead atoms. The molecule has 1 aliphatic rings. The third-order valence-electron chi connectivity index (χ3n) is 6.48. The van der Waals surface area contributed by atoms with E-state index in [0.717, 1.165) is 30.5 Å². The molecule has 11 heteroatoms. The van der Waals surface area contributed by atoms with Gasteiger partial charge in [0.15, 0.2) is 5.65 Å². The van der Waals surface area contributed by atoms with Crippen molar-refractivity contribution in [2.75, 3.05) is 7.11 Å². The summed E-state index contributed by atoms with van der Waals surface area (Å²) in [7, 11) is 1.64. The summed E-state index contributed by atoms with van der Waals surface area (Å²) in [6.07, 6.45) is 2.44. The Balaban J connectivity index is 0.00000164. The number of halogens is 4. The highest BCUT2D eigenvalue weighted by molar-refractivity contribution is 7.19. The van der Waals surface area contributed by atoms with Crippen molar-refractivity contribution in [3.05, 3.63) is 58.4 Å². The van der Waals surface area contributed by atoms with Crippen molar-refractivity contribution < 1.29 is 22.3 Å². The molecular formula is C27H31F4N5OS. The monoisotopic (exact) mass is 549 g/mol. The predicted octanol–water partition coefficient (Wildman–Crippen LogP) is 8.05. The number of aryl methyl sites for hydroxylation is 1. The molecular weight excluding hydrogens is 518 g/mol. The average molecular weight is 550 g/mol. The van der Waals surface area contributed by atoms with E-state index in [9.17, 15) is 17.6 Å². The van der Waals surface area contributed by atoms with E-state index in [1.807, 2.05) is 37.8 Å². The minimum Gasteiger partial charge on any atom is -0.377 e. The van der Waals surface area contributed by atoms with Gasteiger partial charge in [-0.3, -0.25) is 4.68 Å². The second kappa shape index (κ2) is 11.4. The van der Waals surface area contributed by atoms with Gasteiger partial charge >= 0.3 is 6.18 Å². The summed E-state index contributed by atoms with van der Waals surface area (Å²) < 4.78 is 62.6. The van der Waals surface area contributed by atoms with E-state index in [1.54, 1.807) is 14.0 Å². The molecule has 1 fully saturated rings. The number of hydrogen-bond donors (Lipinski definition) is 0. The Bertz CT molecular complexity index is 1400. The third-order valence-corrected chi connectivity index (χ3v) is 7.45. The van der Waals surface area contributed by atoms with Crippen LogP contribution in [0.1, 0.15) is 86.5 Å². The van der Waals surface area contributed by atoms with Gasteiger partial charge in [-0.15, -0.1) is 11.3 Å². The van der Waals surface area contributed by atoms with Gasteiger partial charge in [0.1, 0.15) is 16.3 Å². The zero-order valence-corrected chi connectivity index (χ0v) is 22.8. The van der Waals surface area contributed by atoms with Crippen LogP contribution in [-0.2, 0) is 10.9 Å². The lowest BCUT2D eigenvalue weighted by atomic mass is 9.95. The molecule has 1 aromatic carbocycles. The first-order valence-corrected chi connectivity index (χ1v) is 13.6. The number of alkyl halides is 3. The number of fused-ring (bicyclic) bond motifs is 1. The highest BCUT2D eigenvalue weighted by Gasteiger charge is 2.32. The van der Waals surface area contributed by atoms with Crippen molar-refractivity contribution in [2.45, 2.75) is 77.6 Å². The minimum absolute atomic E-state index is 0.0100. The first-order valence-electron chi connectivity index (χ1n) is 12.8. The van der Waals surface area contributed by atoms with Crippen LogP contribution in [0.2, 0.25) is 0 Å². The zero-order chi connectivity index (χ0) is 27.6. The maximum atomic E-state index is 15.0. The second-order valence-corrected chi connectivity index (χ2v) is 10.3. The van der Waals surface area contributed by atoms with Crippen molar-refractivity contribution >= 4 is 21.7 Å². The first kappa shape index (κ1) is 28.1. The number of hydrogen-bond acceptors (Lipinski definition) is 6. The highest BCUT2D eigenvalue weighted by Crippen LogP contribution is 2.39. The van der Waals surface area contributed by atoms with Gasteiger partial charge in [0, 0.05) is 30.4 Å². The number of methoxy groups -OCH3 is 1. The molecule has 0 saturated heterocycles. The smallest absolute Gasteiger partial charge is 0.377 e. The number of rotatable bonds is 8. The quantitative estimate of drug-likeness (QED) is 0.208. The fourth-order valence-corrected chi connectivity index (χ4v) is 5.20. The fraction of sp³-hybridized carbons (Fsp3) is 0.481. The summed E-state index contributed by atoms with van der Waals surface area (Å²) in [4.78, 5) is 13.8. The largest absolute Gasteiger partial charge is 0.416 e. The summed E-state index contributed by atoms with van der Waals surface area (Å²) in [5.41, 5.74) is 0.564. The summed E-state index contributed by atoms with van der Waals surface area (Å²) in [5.74, 6) is -0.680. The lowest BCUT2D eigenvalue weighted by Crippen LogP contribution is -2.12. The summed E-state index contributed by atoms with van der Waals surface area (Å²) in [5, 5.41) is 5.17. The van der Waals surface area contributed by atoms with E-state index >= 15 is 0 Å². The molecule has 2 unspecified atom stereocenters. The lowest BCUT2D eigenvalue weighted by molar-refractivity contribution is -0.137. The summed E-state index contributed by atoms with van der Waals surface area (Å²) in [6.45, 7) is 7.80. The molecule has 0 radical (unpaired) electrons. The molecule has 3 aromatic heterocycles. The fourth-order valence-electron chi connectivity index (χ4n) is 4.33. The topological polar surface area (TPSA) is 65.7 Å². The van der Waals surface area contributed by atoms with Crippen molar-refractivity contribution in [1.82, 2.24) is 24.7 Å². The van der Waals surface area contributed by atoms with Gasteiger partial charge in [0.2, 0.25) is 0 Å². The molecule has 3 heterocycles. The van der Waals surface area contributed by atoms with Crippen molar-refractivity contribution in [2.24, 2.45) is 0 Å². The van der Waals surface area contributed by atoms with E-state index < -0.39 is 17.6 Å². The Morgan fingerprint density at radius 2 is 1.89 bits per heavy atom. The summed E-state index contributed by atoms with van der Waals surface area (Å²) >= 11 is 1.29. The van der Waals surface area contributed by atoms with Gasteiger partial charge in [-0.05, 0) is 50.8 Å². The second-order valence-electron chi connectivity index (χ2n) is 9.06. The third kappa shape index (κ3) is 5.88. The van der Waals surface area contributed by atoms with E-state index in [1.165, 1.54) is 11.3 Å². The van der Waals surface area contributed by atoms with Gasteiger partial charge in [-0.2, -0.15) is 18.3 Å². The van der Waals surface area contributed by atoms with Crippen LogP contribution in [0.5, 0.6) is 0 Å². The maximum Gasteiger partial charge on any atom is 0.416 e. The molecule has 0 spiro atoms. The molecule has 38 heavy (non-hydrogen) atoms. The Kier molecular flexibility index (Phi) is 8.46. The van der Waals surface area contributed by atoms with Gasteiger partial charge < -0.3 is 4.74 Å². The Hall–Kier alpha value is -2.92. The van der Waals surface area contributed by atoms with Gasteiger partial charge in [0.25, 0.3) is 0 Å². The van der Waals surface area contributed by atoms with Gasteiger partial charge in [0.05, 0.1) is 34.6 Å². The number of nitrogens with zero attached hydrogens (tertiary/aromatic N) is 5. The average Bonchev–Trinajstić information content (AvgIpc) is 3.50. The van der Waals surface area contributed by atoms with Crippen LogP contribution < -0.4 is 0 Å². The Morgan fingerprint density at radius 1 is 1.16 bits per heavy atom. The van der Waals surface area contributed by atoms with Crippen molar-refractivity contribution in [3.8, 4) is 11.3 Å². The Labute approximate surface area is 223 Å². The van der Waals surface area contributed by atoms with Crippen LogP contribution in [0.15, 0.2) is 30.6 Å². The van der Waals surface area contributed by atoms with Crippen molar-refractivity contribution in [3.63, 3.8) is 0 Å². The molecule has 5 rings (SSSR count). The van der Waals surface area contributed by atoms with Gasteiger partial charge in [-0.1, -0.05) is 20.8 Å². The van der Waals surface area contributed by atoms with Crippen LogP contribution in [0.3, 0.4) is 0 Å². The molecule has 1 saturated carbocycles. The van der Waals surface area contributed by atoms with Gasteiger partial charge in [-0.25, -0.2) is 19.3 Å². The zero-order valence-electron chi connectivity index (χ0n) is 22.0. The standard InChI is InChI=1S/C25H25F4N5OS.C2H6/c1-4-14(9-20(35-3)15-11-30-34(12-15)17-6-7-17)23-32-21(22-24(33-23)31-13(2)36-22)18-8-5-16(10-19(18)26)25(27,28)29;1-2/h5,8,10-12,14,17,20H,4,6-7,9H2,1-3H3;1-2H3. The summed E-state index contributed by atoms with van der Waals surface area (Å²) in [6, 6.07) is 2.96. The molecule has 2 atom stereocenters. The normalized spacial score (nSPS) is 15.3. The number of thiazole rings is 1. The molecule has 0 N–H and O–H groups in total.